The molecule has 0 saturated heterocycles. The van der Waals surface area contributed by atoms with E-state index in [0.717, 1.165) is 0 Å². The lowest BCUT2D eigenvalue weighted by molar-refractivity contribution is -0.0794. The van der Waals surface area contributed by atoms with Crippen LogP contribution >= 0.6 is 0 Å². The Labute approximate surface area is 152 Å². The largest absolute Gasteiger partial charge is 0.497 e. The molecule has 0 amide bonds. The Kier molecular flexibility index (Phi) is 5.22. The standard InChI is InChI=1S/C20H20N2O4/c1-20(22-13-12-21-15-22,14-25-18-6-4-3-5-7-18)26-19(23)16-8-10-17(24-2)11-9-16/h3-13,15H,14H2,1-2H3. The van der Waals surface area contributed by atoms with Gasteiger partial charge < -0.3 is 14.2 Å². The third-order valence-electron chi connectivity index (χ3n) is 3.94. The first kappa shape index (κ1) is 17.5. The highest BCUT2D eigenvalue weighted by molar-refractivity contribution is 5.89. The Balaban J connectivity index is 1.78. The number of nitrogens with zero attached hydrogens (tertiary/aromatic N) is 2. The maximum atomic E-state index is 12.6. The molecule has 3 rings (SSSR count). The van der Waals surface area contributed by atoms with Gasteiger partial charge in [-0.05, 0) is 43.3 Å². The van der Waals surface area contributed by atoms with Crippen LogP contribution in [0.2, 0.25) is 0 Å². The van der Waals surface area contributed by atoms with E-state index in [1.54, 1.807) is 61.6 Å². The van der Waals surface area contributed by atoms with Crippen LogP contribution in [0, 0.1) is 0 Å². The van der Waals surface area contributed by atoms with Crippen LogP contribution in [0.15, 0.2) is 73.3 Å². The van der Waals surface area contributed by atoms with E-state index in [9.17, 15) is 4.79 Å². The third-order valence-corrected chi connectivity index (χ3v) is 3.94. The molecule has 0 bridgehead atoms. The molecular formula is C20H20N2O4. The van der Waals surface area contributed by atoms with Crippen molar-refractivity contribution in [3.63, 3.8) is 0 Å². The number of para-hydroxylation sites is 1. The topological polar surface area (TPSA) is 62.6 Å². The molecule has 0 aliphatic carbocycles. The quantitative estimate of drug-likeness (QED) is 0.609. The first-order valence-corrected chi connectivity index (χ1v) is 8.14. The van der Waals surface area contributed by atoms with Crippen molar-refractivity contribution in [2.45, 2.75) is 12.6 Å². The highest BCUT2D eigenvalue weighted by Gasteiger charge is 2.32. The molecule has 0 N–H and O–H groups in total. The molecular weight excluding hydrogens is 332 g/mol. The Morgan fingerprint density at radius 2 is 1.81 bits per heavy atom. The fraction of sp³-hybridized carbons (Fsp3) is 0.200. The number of carbonyl (C=O) groups excluding carboxylic acids is 1. The number of imidazole rings is 1. The van der Waals surface area contributed by atoms with E-state index in [1.807, 2.05) is 30.3 Å². The summed E-state index contributed by atoms with van der Waals surface area (Å²) in [5.41, 5.74) is -0.625. The number of rotatable bonds is 7. The molecule has 0 spiro atoms. The zero-order valence-electron chi connectivity index (χ0n) is 14.7. The number of ether oxygens (including phenoxy) is 3. The number of aromatic nitrogens is 2. The van der Waals surface area contributed by atoms with Crippen molar-refractivity contribution in [2.24, 2.45) is 0 Å². The summed E-state index contributed by atoms with van der Waals surface area (Å²) < 4.78 is 18.4. The predicted octanol–water partition coefficient (Wildman–Crippen LogP) is 3.50. The molecule has 0 saturated carbocycles. The van der Waals surface area contributed by atoms with Gasteiger partial charge in [0.25, 0.3) is 0 Å². The molecule has 134 valence electrons. The zero-order chi connectivity index (χ0) is 18.4. The molecule has 0 radical (unpaired) electrons. The summed E-state index contributed by atoms with van der Waals surface area (Å²) in [4.78, 5) is 16.7. The molecule has 6 heteroatoms. The number of benzene rings is 2. The smallest absolute Gasteiger partial charge is 0.340 e. The van der Waals surface area contributed by atoms with Crippen molar-refractivity contribution in [3.8, 4) is 11.5 Å². The fourth-order valence-electron chi connectivity index (χ4n) is 2.42. The summed E-state index contributed by atoms with van der Waals surface area (Å²) in [5.74, 6) is 0.909. The normalized spacial score (nSPS) is 12.8. The molecule has 0 aliphatic heterocycles. The van der Waals surface area contributed by atoms with Crippen molar-refractivity contribution < 1.29 is 19.0 Å². The minimum absolute atomic E-state index is 0.134. The van der Waals surface area contributed by atoms with Gasteiger partial charge in [-0.2, -0.15) is 0 Å². The summed E-state index contributed by atoms with van der Waals surface area (Å²) in [6.07, 6.45) is 4.95. The van der Waals surface area contributed by atoms with Gasteiger partial charge in [0.05, 0.1) is 19.0 Å². The number of hydrogen-bond donors (Lipinski definition) is 0. The molecule has 1 aromatic heterocycles. The SMILES string of the molecule is COc1ccc(C(=O)OC(C)(COc2ccccc2)n2ccnc2)cc1. The van der Waals surface area contributed by atoms with Crippen molar-refractivity contribution in [2.75, 3.05) is 13.7 Å². The van der Waals surface area contributed by atoms with E-state index < -0.39 is 11.7 Å². The Bertz CT molecular complexity index is 832. The van der Waals surface area contributed by atoms with E-state index in [4.69, 9.17) is 14.2 Å². The van der Waals surface area contributed by atoms with Crippen molar-refractivity contribution in [1.29, 1.82) is 0 Å². The van der Waals surface area contributed by atoms with Gasteiger partial charge in [0.2, 0.25) is 5.72 Å². The van der Waals surface area contributed by atoms with Crippen LogP contribution < -0.4 is 9.47 Å². The average Bonchev–Trinajstić information content (AvgIpc) is 3.23. The van der Waals surface area contributed by atoms with Crippen molar-refractivity contribution in [3.05, 3.63) is 78.9 Å². The van der Waals surface area contributed by atoms with Crippen LogP contribution in [-0.2, 0) is 10.5 Å². The van der Waals surface area contributed by atoms with Gasteiger partial charge in [-0.15, -0.1) is 0 Å². The highest BCUT2D eigenvalue weighted by Crippen LogP contribution is 2.23. The molecule has 26 heavy (non-hydrogen) atoms. The van der Waals surface area contributed by atoms with E-state index in [0.29, 0.717) is 17.1 Å². The second-order valence-corrected chi connectivity index (χ2v) is 5.86. The molecule has 6 nitrogen and oxygen atoms in total. The van der Waals surface area contributed by atoms with Crippen LogP contribution in [0.4, 0.5) is 0 Å². The average molecular weight is 352 g/mol. The van der Waals surface area contributed by atoms with Gasteiger partial charge in [0, 0.05) is 12.4 Å². The first-order chi connectivity index (χ1) is 12.6. The third kappa shape index (κ3) is 4.03. The van der Waals surface area contributed by atoms with Crippen molar-refractivity contribution >= 4 is 5.97 Å². The lowest BCUT2D eigenvalue weighted by Crippen LogP contribution is -2.40. The van der Waals surface area contributed by atoms with Gasteiger partial charge in [-0.3, -0.25) is 4.57 Å². The van der Waals surface area contributed by atoms with E-state index >= 15 is 0 Å². The van der Waals surface area contributed by atoms with Crippen LogP contribution in [-0.4, -0.2) is 29.2 Å². The minimum Gasteiger partial charge on any atom is -0.497 e. The van der Waals surface area contributed by atoms with Gasteiger partial charge in [-0.1, -0.05) is 18.2 Å². The molecule has 1 unspecified atom stereocenters. The minimum atomic E-state index is -1.05. The fourth-order valence-corrected chi connectivity index (χ4v) is 2.42. The van der Waals surface area contributed by atoms with Gasteiger partial charge in [0.15, 0.2) is 0 Å². The maximum Gasteiger partial charge on any atom is 0.340 e. The summed E-state index contributed by atoms with van der Waals surface area (Å²) in [6.45, 7) is 1.91. The van der Waals surface area contributed by atoms with Crippen LogP contribution in [0.3, 0.4) is 0 Å². The lowest BCUT2D eigenvalue weighted by atomic mass is 10.2. The summed E-state index contributed by atoms with van der Waals surface area (Å²) >= 11 is 0. The van der Waals surface area contributed by atoms with E-state index in [2.05, 4.69) is 4.98 Å². The number of methoxy groups -OCH3 is 1. The molecule has 3 aromatic rings. The van der Waals surface area contributed by atoms with Crippen molar-refractivity contribution in [1.82, 2.24) is 9.55 Å². The molecule has 1 atom stereocenters. The number of carbonyl (C=O) groups is 1. The Morgan fingerprint density at radius 1 is 1.08 bits per heavy atom. The van der Waals surface area contributed by atoms with Crippen LogP contribution in [0.25, 0.3) is 0 Å². The predicted molar refractivity (Wildman–Crippen MR) is 96.2 cm³/mol. The van der Waals surface area contributed by atoms with Crippen LogP contribution in [0.1, 0.15) is 17.3 Å². The second-order valence-electron chi connectivity index (χ2n) is 5.86. The molecule has 2 aromatic carbocycles. The summed E-state index contributed by atoms with van der Waals surface area (Å²) in [7, 11) is 1.57. The molecule has 0 fully saturated rings. The van der Waals surface area contributed by atoms with Gasteiger partial charge >= 0.3 is 5.97 Å². The zero-order valence-corrected chi connectivity index (χ0v) is 14.7. The van der Waals surface area contributed by atoms with Gasteiger partial charge in [0.1, 0.15) is 18.1 Å². The monoisotopic (exact) mass is 352 g/mol. The van der Waals surface area contributed by atoms with E-state index in [-0.39, 0.29) is 6.61 Å². The summed E-state index contributed by atoms with van der Waals surface area (Å²) in [5, 5.41) is 0. The summed E-state index contributed by atoms with van der Waals surface area (Å²) in [6, 6.07) is 16.1. The lowest BCUT2D eigenvalue weighted by Gasteiger charge is -2.30. The molecule has 0 aliphatic rings. The maximum absolute atomic E-state index is 12.6. The highest BCUT2D eigenvalue weighted by atomic mass is 16.6. The number of hydrogen-bond acceptors (Lipinski definition) is 5. The van der Waals surface area contributed by atoms with Crippen LogP contribution in [0.5, 0.6) is 11.5 Å². The Morgan fingerprint density at radius 3 is 2.42 bits per heavy atom. The second kappa shape index (κ2) is 7.74. The van der Waals surface area contributed by atoms with Gasteiger partial charge in [-0.25, -0.2) is 9.78 Å². The molecule has 1 heterocycles. The Hall–Kier alpha value is -3.28. The first-order valence-electron chi connectivity index (χ1n) is 8.14. The van der Waals surface area contributed by atoms with E-state index in [1.165, 1.54) is 0 Å². The number of esters is 1.